The molecule has 0 aliphatic heterocycles. The summed E-state index contributed by atoms with van der Waals surface area (Å²) in [4.78, 5) is 0. The molecule has 0 heterocycles. The molecule has 0 saturated heterocycles. The van der Waals surface area contributed by atoms with Crippen LogP contribution in [0.3, 0.4) is 0 Å². The third kappa shape index (κ3) is 8.90. The van der Waals surface area contributed by atoms with Crippen LogP contribution in [0.1, 0.15) is 37.3 Å². The minimum absolute atomic E-state index is 0.586. The highest BCUT2D eigenvalue weighted by molar-refractivity contribution is 5.24. The van der Waals surface area contributed by atoms with Crippen molar-refractivity contribution >= 4 is 0 Å². The fraction of sp³-hybridized carbons (Fsp3) is 0.333. The van der Waals surface area contributed by atoms with Crippen molar-refractivity contribution in [1.82, 2.24) is 0 Å². The number of hydrogen-bond acceptors (Lipinski definition) is 0. The highest BCUT2D eigenvalue weighted by Gasteiger charge is 2.29. The first kappa shape index (κ1) is 19.2. The maximum absolute atomic E-state index is 12.0. The van der Waals surface area contributed by atoms with Gasteiger partial charge in [0.1, 0.15) is 0 Å². The average Bonchev–Trinajstić information content (AvgIpc) is 2.43. The van der Waals surface area contributed by atoms with Gasteiger partial charge in [-0.15, -0.1) is 0 Å². The van der Waals surface area contributed by atoms with E-state index >= 15 is 0 Å². The van der Waals surface area contributed by atoms with Gasteiger partial charge in [-0.25, -0.2) is 0 Å². The number of halogens is 3. The third-order valence-corrected chi connectivity index (χ3v) is 2.76. The highest BCUT2D eigenvalue weighted by atomic mass is 19.4. The number of allylic oxidation sites excluding steroid dienone is 4. The summed E-state index contributed by atoms with van der Waals surface area (Å²) in [5.74, 6) is 0. The van der Waals surface area contributed by atoms with Crippen molar-refractivity contribution in [1.29, 1.82) is 0 Å². The lowest BCUT2D eigenvalue weighted by atomic mass is 10.1. The van der Waals surface area contributed by atoms with E-state index in [-0.39, 0.29) is 0 Å². The largest absolute Gasteiger partial charge is 0.416 e. The second-order valence-corrected chi connectivity index (χ2v) is 4.65. The fourth-order valence-corrected chi connectivity index (χ4v) is 1.61. The minimum Gasteiger partial charge on any atom is -0.166 e. The van der Waals surface area contributed by atoms with Gasteiger partial charge in [0.25, 0.3) is 0 Å². The van der Waals surface area contributed by atoms with Crippen LogP contribution >= 0.6 is 0 Å². The third-order valence-electron chi connectivity index (χ3n) is 2.76. The van der Waals surface area contributed by atoms with Crippen molar-refractivity contribution in [2.45, 2.75) is 39.3 Å². The Morgan fingerprint density at radius 1 is 1.24 bits per heavy atom. The van der Waals surface area contributed by atoms with Gasteiger partial charge in [0.05, 0.1) is 5.56 Å². The van der Waals surface area contributed by atoms with Gasteiger partial charge in [0.15, 0.2) is 0 Å². The first-order chi connectivity index (χ1) is 9.85. The van der Waals surface area contributed by atoms with Gasteiger partial charge in [-0.1, -0.05) is 68.5 Å². The maximum Gasteiger partial charge on any atom is 0.416 e. The topological polar surface area (TPSA) is 0 Å². The zero-order valence-corrected chi connectivity index (χ0v) is 12.7. The molecule has 3 heteroatoms. The summed E-state index contributed by atoms with van der Waals surface area (Å²) in [5, 5.41) is 0. The molecule has 1 rings (SSSR count). The van der Waals surface area contributed by atoms with E-state index in [0.717, 1.165) is 18.6 Å². The van der Waals surface area contributed by atoms with Crippen molar-refractivity contribution in [3.8, 4) is 0 Å². The van der Waals surface area contributed by atoms with Crippen LogP contribution < -0.4 is 0 Å². The van der Waals surface area contributed by atoms with Gasteiger partial charge in [-0.05, 0) is 31.4 Å². The number of aryl methyl sites for hydroxylation is 1. The fourth-order valence-electron chi connectivity index (χ4n) is 1.61. The van der Waals surface area contributed by atoms with Crippen molar-refractivity contribution < 1.29 is 13.2 Å². The number of benzene rings is 1. The molecule has 0 fully saturated rings. The minimum atomic E-state index is -4.22. The molecule has 0 aromatic heterocycles. The standard InChI is InChI=1S/C10H16.C8H7F3/c1-4-7-9-10(6-3)8-5-2;1-6-3-2-4-7(5-6)8(9,10)11/h5-6,8H,2-4,7,9H2,1H3;2-5H,1H3/b10-8+;. The van der Waals surface area contributed by atoms with E-state index in [1.807, 2.05) is 18.2 Å². The van der Waals surface area contributed by atoms with Gasteiger partial charge < -0.3 is 0 Å². The SMILES string of the molecule is C=C/C=C(\C=C)CCCC.Cc1cccc(C(F)(F)F)c1. The van der Waals surface area contributed by atoms with E-state index < -0.39 is 11.7 Å². The van der Waals surface area contributed by atoms with Crippen molar-refractivity contribution in [2.24, 2.45) is 0 Å². The summed E-state index contributed by atoms with van der Waals surface area (Å²) < 4.78 is 35.9. The molecular formula is C18H23F3. The molecule has 0 spiro atoms. The van der Waals surface area contributed by atoms with Crippen LogP contribution in [0.4, 0.5) is 13.2 Å². The van der Waals surface area contributed by atoms with Crippen LogP contribution in [0.15, 0.2) is 61.2 Å². The number of rotatable bonds is 5. The van der Waals surface area contributed by atoms with Gasteiger partial charge in [0.2, 0.25) is 0 Å². The van der Waals surface area contributed by atoms with Crippen LogP contribution in [0, 0.1) is 6.92 Å². The zero-order valence-electron chi connectivity index (χ0n) is 12.7. The zero-order chi connectivity index (χ0) is 16.3. The predicted molar refractivity (Wildman–Crippen MR) is 84.2 cm³/mol. The van der Waals surface area contributed by atoms with E-state index in [0.29, 0.717) is 5.56 Å². The summed E-state index contributed by atoms with van der Waals surface area (Å²) in [5.41, 5.74) is 1.33. The van der Waals surface area contributed by atoms with E-state index in [1.54, 1.807) is 13.0 Å². The number of unbranched alkanes of at least 4 members (excludes halogenated alkanes) is 1. The monoisotopic (exact) mass is 296 g/mol. The van der Waals surface area contributed by atoms with E-state index in [9.17, 15) is 13.2 Å². The molecule has 1 aromatic rings. The molecular weight excluding hydrogens is 273 g/mol. The van der Waals surface area contributed by atoms with Gasteiger partial charge in [-0.2, -0.15) is 13.2 Å². The Morgan fingerprint density at radius 3 is 2.29 bits per heavy atom. The van der Waals surface area contributed by atoms with E-state index in [1.165, 1.54) is 24.5 Å². The molecule has 116 valence electrons. The molecule has 0 amide bonds. The van der Waals surface area contributed by atoms with E-state index in [4.69, 9.17) is 0 Å². The number of hydrogen-bond donors (Lipinski definition) is 0. The Kier molecular flexibility index (Phi) is 9.18. The Balaban J connectivity index is 0.000000384. The first-order valence-corrected chi connectivity index (χ1v) is 6.93. The van der Waals surface area contributed by atoms with E-state index in [2.05, 4.69) is 20.1 Å². The van der Waals surface area contributed by atoms with Gasteiger partial charge in [0, 0.05) is 0 Å². The van der Waals surface area contributed by atoms with Crippen molar-refractivity contribution in [2.75, 3.05) is 0 Å². The van der Waals surface area contributed by atoms with Gasteiger partial charge >= 0.3 is 6.18 Å². The maximum atomic E-state index is 12.0. The summed E-state index contributed by atoms with van der Waals surface area (Å²) >= 11 is 0. The lowest BCUT2D eigenvalue weighted by Crippen LogP contribution is -2.04. The lowest BCUT2D eigenvalue weighted by molar-refractivity contribution is -0.137. The Hall–Kier alpha value is -1.77. The van der Waals surface area contributed by atoms with Crippen LogP contribution in [0.5, 0.6) is 0 Å². The Bertz CT molecular complexity index is 468. The molecule has 21 heavy (non-hydrogen) atoms. The summed E-state index contributed by atoms with van der Waals surface area (Å²) in [6.45, 7) is 11.2. The smallest absolute Gasteiger partial charge is 0.166 e. The van der Waals surface area contributed by atoms with Crippen LogP contribution in [-0.2, 0) is 6.18 Å². The molecule has 0 bridgehead atoms. The Morgan fingerprint density at radius 2 is 1.90 bits per heavy atom. The molecule has 0 N–H and O–H groups in total. The second-order valence-electron chi connectivity index (χ2n) is 4.65. The molecule has 0 nitrogen and oxygen atoms in total. The molecule has 0 radical (unpaired) electrons. The molecule has 1 aromatic carbocycles. The highest BCUT2D eigenvalue weighted by Crippen LogP contribution is 2.29. The molecule has 0 saturated carbocycles. The van der Waals surface area contributed by atoms with Gasteiger partial charge in [-0.3, -0.25) is 0 Å². The van der Waals surface area contributed by atoms with Crippen LogP contribution in [-0.4, -0.2) is 0 Å². The average molecular weight is 296 g/mol. The first-order valence-electron chi connectivity index (χ1n) is 6.93. The summed E-state index contributed by atoms with van der Waals surface area (Å²) in [7, 11) is 0. The molecule has 0 atom stereocenters. The van der Waals surface area contributed by atoms with Crippen molar-refractivity contribution in [3.05, 3.63) is 72.4 Å². The molecule has 0 aliphatic carbocycles. The van der Waals surface area contributed by atoms with Crippen LogP contribution in [0.25, 0.3) is 0 Å². The Labute approximate surface area is 125 Å². The second kappa shape index (κ2) is 10.0. The summed E-state index contributed by atoms with van der Waals surface area (Å²) in [6, 6.07) is 5.22. The normalized spacial score (nSPS) is 11.4. The lowest BCUT2D eigenvalue weighted by Gasteiger charge is -2.05. The molecule has 0 unspecified atom stereocenters. The van der Waals surface area contributed by atoms with Crippen molar-refractivity contribution in [3.63, 3.8) is 0 Å². The summed E-state index contributed by atoms with van der Waals surface area (Å²) in [6.07, 6.45) is 5.12. The van der Waals surface area contributed by atoms with Crippen LogP contribution in [0.2, 0.25) is 0 Å². The molecule has 0 aliphatic rings. The quantitative estimate of drug-likeness (QED) is 0.545. The predicted octanol–water partition coefficient (Wildman–Crippen LogP) is 6.49. The number of alkyl halides is 3.